The molecule has 0 saturated carbocycles. The van der Waals surface area contributed by atoms with Crippen molar-refractivity contribution in [3.8, 4) is 12.1 Å². The molecule has 0 amide bonds. The van der Waals surface area contributed by atoms with Crippen LogP contribution in [-0.2, 0) is 10.1 Å². The highest BCUT2D eigenvalue weighted by Gasteiger charge is 2.20. The molecule has 1 aromatic rings. The van der Waals surface area contributed by atoms with Crippen LogP contribution in [0.2, 0.25) is 0 Å². The topological polar surface area (TPSA) is 102 Å². The first-order valence-electron chi connectivity index (χ1n) is 4.30. The largest absolute Gasteiger partial charge is 0.285 e. The molecule has 0 aliphatic heterocycles. The molecule has 0 saturated heterocycles. The van der Waals surface area contributed by atoms with Crippen LogP contribution in [0.5, 0.6) is 0 Å². The molecule has 6 heteroatoms. The quantitative estimate of drug-likeness (QED) is 0.781. The van der Waals surface area contributed by atoms with E-state index in [4.69, 9.17) is 15.1 Å². The van der Waals surface area contributed by atoms with Gasteiger partial charge in [-0.2, -0.15) is 18.9 Å². The molecule has 1 atom stereocenters. The number of rotatable bonds is 2. The Labute approximate surface area is 93.3 Å². The van der Waals surface area contributed by atoms with E-state index in [1.165, 1.54) is 25.1 Å². The number of hydrogen-bond acceptors (Lipinski definition) is 4. The maximum absolute atomic E-state index is 10.9. The molecule has 82 valence electrons. The van der Waals surface area contributed by atoms with E-state index in [0.717, 1.165) is 0 Å². The van der Waals surface area contributed by atoms with Gasteiger partial charge in [0.25, 0.3) is 10.1 Å². The molecule has 0 aliphatic rings. The normalized spacial score (nSPS) is 12.5. The first-order chi connectivity index (χ1) is 7.40. The standard InChI is InChI=1S/C10H8N2O3S/c1-7(16(13,14)15)8-2-3-9(5-11)10(4-8)6-12/h2-4,7H,1H3,(H,13,14,15). The zero-order valence-electron chi connectivity index (χ0n) is 8.38. The Hall–Kier alpha value is -1.89. The van der Waals surface area contributed by atoms with Gasteiger partial charge >= 0.3 is 0 Å². The van der Waals surface area contributed by atoms with Crippen LogP contribution in [-0.4, -0.2) is 13.0 Å². The highest BCUT2D eigenvalue weighted by molar-refractivity contribution is 7.86. The SMILES string of the molecule is CC(c1ccc(C#N)c(C#N)c1)S(=O)(=O)O. The third kappa shape index (κ3) is 2.37. The van der Waals surface area contributed by atoms with Crippen LogP contribution >= 0.6 is 0 Å². The van der Waals surface area contributed by atoms with Crippen LogP contribution in [0.25, 0.3) is 0 Å². The minimum Gasteiger partial charge on any atom is -0.285 e. The van der Waals surface area contributed by atoms with Gasteiger partial charge < -0.3 is 0 Å². The van der Waals surface area contributed by atoms with E-state index in [2.05, 4.69) is 0 Å². The van der Waals surface area contributed by atoms with Crippen molar-refractivity contribution in [3.05, 3.63) is 34.9 Å². The molecule has 0 spiro atoms. The van der Waals surface area contributed by atoms with Crippen LogP contribution < -0.4 is 0 Å². The molecule has 16 heavy (non-hydrogen) atoms. The lowest BCUT2D eigenvalue weighted by atomic mass is 10.0. The molecular formula is C10H8N2O3S. The molecule has 0 aliphatic carbocycles. The van der Waals surface area contributed by atoms with Crippen molar-refractivity contribution in [2.45, 2.75) is 12.2 Å². The van der Waals surface area contributed by atoms with Crippen LogP contribution in [0.4, 0.5) is 0 Å². The number of nitriles is 2. The minimum atomic E-state index is -4.19. The fourth-order valence-electron chi connectivity index (χ4n) is 1.18. The van der Waals surface area contributed by atoms with Gasteiger partial charge in [-0.1, -0.05) is 6.07 Å². The third-order valence-corrected chi connectivity index (χ3v) is 3.37. The Morgan fingerprint density at radius 1 is 1.25 bits per heavy atom. The molecule has 0 radical (unpaired) electrons. The summed E-state index contributed by atoms with van der Waals surface area (Å²) < 4.78 is 30.6. The van der Waals surface area contributed by atoms with Crippen LogP contribution in [0.3, 0.4) is 0 Å². The molecule has 1 rings (SSSR count). The second kappa shape index (κ2) is 4.31. The second-order valence-corrected chi connectivity index (χ2v) is 4.92. The first kappa shape index (κ1) is 12.2. The van der Waals surface area contributed by atoms with Gasteiger partial charge in [-0.05, 0) is 24.6 Å². The summed E-state index contributed by atoms with van der Waals surface area (Å²) in [5, 5.41) is 16.3. The van der Waals surface area contributed by atoms with Gasteiger partial charge in [0.1, 0.15) is 17.4 Å². The third-order valence-electron chi connectivity index (χ3n) is 2.20. The summed E-state index contributed by atoms with van der Waals surface area (Å²) in [4.78, 5) is 0. The fourth-order valence-corrected chi connectivity index (χ4v) is 1.67. The van der Waals surface area contributed by atoms with Crippen molar-refractivity contribution in [2.75, 3.05) is 0 Å². The van der Waals surface area contributed by atoms with E-state index in [1.807, 2.05) is 6.07 Å². The van der Waals surface area contributed by atoms with Crippen LogP contribution in [0.1, 0.15) is 28.9 Å². The Morgan fingerprint density at radius 3 is 2.25 bits per heavy atom. The van der Waals surface area contributed by atoms with Crippen molar-refractivity contribution in [1.82, 2.24) is 0 Å². The van der Waals surface area contributed by atoms with Gasteiger partial charge in [-0.3, -0.25) is 4.55 Å². The van der Waals surface area contributed by atoms with E-state index < -0.39 is 15.4 Å². The maximum atomic E-state index is 10.9. The van der Waals surface area contributed by atoms with E-state index in [1.54, 1.807) is 6.07 Å². The maximum Gasteiger partial charge on any atom is 0.271 e. The van der Waals surface area contributed by atoms with Crippen molar-refractivity contribution in [3.63, 3.8) is 0 Å². The highest BCUT2D eigenvalue weighted by Crippen LogP contribution is 2.22. The lowest BCUT2D eigenvalue weighted by molar-refractivity contribution is 0.472. The smallest absolute Gasteiger partial charge is 0.271 e. The molecule has 0 heterocycles. The Morgan fingerprint density at radius 2 is 1.81 bits per heavy atom. The summed E-state index contributed by atoms with van der Waals surface area (Å²) in [6.45, 7) is 1.30. The highest BCUT2D eigenvalue weighted by atomic mass is 32.2. The van der Waals surface area contributed by atoms with Gasteiger partial charge in [0.05, 0.1) is 11.1 Å². The summed E-state index contributed by atoms with van der Waals surface area (Å²) in [5.41, 5.74) is 0.544. The van der Waals surface area contributed by atoms with Crippen molar-refractivity contribution in [1.29, 1.82) is 10.5 Å². The molecule has 0 bridgehead atoms. The molecule has 1 unspecified atom stereocenters. The molecule has 1 N–H and O–H groups in total. The van der Waals surface area contributed by atoms with E-state index >= 15 is 0 Å². The lowest BCUT2D eigenvalue weighted by Gasteiger charge is -2.08. The van der Waals surface area contributed by atoms with E-state index in [-0.39, 0.29) is 16.7 Å². The number of hydrogen-bond donors (Lipinski definition) is 1. The van der Waals surface area contributed by atoms with Gasteiger partial charge in [-0.15, -0.1) is 0 Å². The monoisotopic (exact) mass is 236 g/mol. The number of nitrogens with zero attached hydrogens (tertiary/aromatic N) is 2. The predicted octanol–water partition coefficient (Wildman–Crippen LogP) is 1.38. The number of benzene rings is 1. The van der Waals surface area contributed by atoms with E-state index in [0.29, 0.717) is 0 Å². The summed E-state index contributed by atoms with van der Waals surface area (Å²) >= 11 is 0. The second-order valence-electron chi connectivity index (χ2n) is 3.19. The fraction of sp³-hybridized carbons (Fsp3) is 0.200. The zero-order chi connectivity index (χ0) is 12.3. The molecule has 0 aromatic heterocycles. The summed E-state index contributed by atoms with van der Waals surface area (Å²) in [5.74, 6) is 0. The lowest BCUT2D eigenvalue weighted by Crippen LogP contribution is -2.08. The van der Waals surface area contributed by atoms with Crippen molar-refractivity contribution < 1.29 is 13.0 Å². The molecule has 1 aromatic carbocycles. The molecular weight excluding hydrogens is 228 g/mol. The minimum absolute atomic E-state index is 0.0931. The van der Waals surface area contributed by atoms with Gasteiger partial charge in [0.15, 0.2) is 0 Å². The van der Waals surface area contributed by atoms with Gasteiger partial charge in [0.2, 0.25) is 0 Å². The summed E-state index contributed by atoms with van der Waals surface area (Å²) in [7, 11) is -4.19. The van der Waals surface area contributed by atoms with Crippen molar-refractivity contribution >= 4 is 10.1 Å². The average Bonchev–Trinajstić information content (AvgIpc) is 2.25. The summed E-state index contributed by atoms with van der Waals surface area (Å²) in [6, 6.07) is 7.66. The van der Waals surface area contributed by atoms with Crippen LogP contribution in [0.15, 0.2) is 18.2 Å². The molecule has 5 nitrogen and oxygen atoms in total. The Bertz CT molecular complexity index is 593. The first-order valence-corrected chi connectivity index (χ1v) is 5.81. The predicted molar refractivity (Wildman–Crippen MR) is 55.8 cm³/mol. The van der Waals surface area contributed by atoms with Crippen molar-refractivity contribution in [2.24, 2.45) is 0 Å². The van der Waals surface area contributed by atoms with E-state index in [9.17, 15) is 8.42 Å². The summed E-state index contributed by atoms with van der Waals surface area (Å²) in [6.07, 6.45) is 0. The van der Waals surface area contributed by atoms with Gasteiger partial charge in [0, 0.05) is 0 Å². The van der Waals surface area contributed by atoms with Gasteiger partial charge in [-0.25, -0.2) is 0 Å². The average molecular weight is 236 g/mol. The van der Waals surface area contributed by atoms with Crippen LogP contribution in [0, 0.1) is 22.7 Å². The molecule has 0 fully saturated rings. The Kier molecular flexibility index (Phi) is 3.28. The Balaban J connectivity index is 3.32. The zero-order valence-corrected chi connectivity index (χ0v) is 9.19.